The van der Waals surface area contributed by atoms with Gasteiger partial charge in [-0.05, 0) is 35.4 Å². The molecule has 0 amide bonds. The van der Waals surface area contributed by atoms with Gasteiger partial charge in [0.1, 0.15) is 18.5 Å². The molecule has 0 saturated carbocycles. The average Bonchev–Trinajstić information content (AvgIpc) is 2.97. The highest BCUT2D eigenvalue weighted by Gasteiger charge is 2.46. The van der Waals surface area contributed by atoms with Crippen molar-refractivity contribution in [3.63, 3.8) is 0 Å². The van der Waals surface area contributed by atoms with Gasteiger partial charge in [-0.15, -0.1) is 0 Å². The zero-order valence-corrected chi connectivity index (χ0v) is 15.3. The lowest BCUT2D eigenvalue weighted by molar-refractivity contribution is -0.157. The van der Waals surface area contributed by atoms with Gasteiger partial charge >= 0.3 is 11.9 Å². The average molecular weight is 388 g/mol. The summed E-state index contributed by atoms with van der Waals surface area (Å²) in [6, 6.07) is 11.1. The van der Waals surface area contributed by atoms with E-state index < -0.39 is 48.6 Å². The van der Waals surface area contributed by atoms with Gasteiger partial charge in [-0.25, -0.2) is 4.79 Å². The van der Waals surface area contributed by atoms with Gasteiger partial charge in [0.25, 0.3) is 0 Å². The van der Waals surface area contributed by atoms with Gasteiger partial charge in [0.2, 0.25) is 11.9 Å². The minimum Gasteiger partial charge on any atom is -0.497 e. The molecule has 1 aliphatic heterocycles. The van der Waals surface area contributed by atoms with Crippen LogP contribution in [-0.4, -0.2) is 60.0 Å². The first-order chi connectivity index (χ1) is 13.3. The Kier molecular flexibility index (Phi) is 5.62. The maximum Gasteiger partial charge on any atom is 0.343 e. The van der Waals surface area contributed by atoms with Gasteiger partial charge in [0.05, 0.1) is 13.0 Å². The molecule has 2 aromatic rings. The molecule has 1 heterocycles. The molecule has 148 valence electrons. The topological polar surface area (TPSA) is 119 Å². The van der Waals surface area contributed by atoms with Crippen molar-refractivity contribution in [2.45, 2.75) is 31.2 Å². The molecular weight excluding hydrogens is 368 g/mol. The molecule has 2 aromatic carbocycles. The summed E-state index contributed by atoms with van der Waals surface area (Å²) in [6.07, 6.45) is -5.00. The van der Waals surface area contributed by atoms with Gasteiger partial charge in [0, 0.05) is 0 Å². The Labute approximate surface area is 160 Å². The number of benzene rings is 2. The van der Waals surface area contributed by atoms with Gasteiger partial charge in [-0.2, -0.15) is 0 Å². The summed E-state index contributed by atoms with van der Waals surface area (Å²) in [4.78, 5) is 35.1. The molecular formula is C20H20O8. The number of carbonyl (C=O) groups excluding carboxylic acids is 3. The smallest absolute Gasteiger partial charge is 0.343 e. The molecule has 0 radical (unpaired) electrons. The highest BCUT2D eigenvalue weighted by Crippen LogP contribution is 2.26. The van der Waals surface area contributed by atoms with E-state index in [9.17, 15) is 24.6 Å². The molecule has 1 aliphatic rings. The zero-order chi connectivity index (χ0) is 20.4. The van der Waals surface area contributed by atoms with E-state index in [-0.39, 0.29) is 0 Å². The third-order valence-corrected chi connectivity index (χ3v) is 4.69. The van der Waals surface area contributed by atoms with E-state index in [0.717, 1.165) is 22.1 Å². The van der Waals surface area contributed by atoms with Crippen LogP contribution in [-0.2, 0) is 23.9 Å². The number of rotatable bonds is 6. The number of Topliss-reactive ketones (excluding diaryl/α,β-unsaturated/α-hetero) is 1. The van der Waals surface area contributed by atoms with E-state index in [1.165, 1.54) is 0 Å². The Bertz CT molecular complexity index is 922. The Morgan fingerprint density at radius 2 is 1.86 bits per heavy atom. The molecule has 1 unspecified atom stereocenters. The minimum atomic E-state index is -1.91. The van der Waals surface area contributed by atoms with Gasteiger partial charge in [-0.1, -0.05) is 24.3 Å². The molecule has 0 aliphatic carbocycles. The van der Waals surface area contributed by atoms with Crippen LogP contribution >= 0.6 is 0 Å². The van der Waals surface area contributed by atoms with Crippen LogP contribution in [0.5, 0.6) is 5.75 Å². The molecule has 4 atom stereocenters. The van der Waals surface area contributed by atoms with Crippen molar-refractivity contribution in [2.75, 3.05) is 13.7 Å². The number of hydrogen-bond acceptors (Lipinski definition) is 8. The van der Waals surface area contributed by atoms with Crippen molar-refractivity contribution in [3.8, 4) is 5.75 Å². The summed E-state index contributed by atoms with van der Waals surface area (Å²) in [7, 11) is 1.59. The SMILES string of the molecule is COc1ccc2cc([C@H](C)C(=O)OC[C@H](O)[C@H]3OC(=O)C(O)C3=O)ccc2c1. The summed E-state index contributed by atoms with van der Waals surface area (Å²) < 4.78 is 14.9. The Hall–Kier alpha value is -2.97. The van der Waals surface area contributed by atoms with E-state index in [0.29, 0.717) is 0 Å². The molecule has 28 heavy (non-hydrogen) atoms. The van der Waals surface area contributed by atoms with Crippen LogP contribution in [0.2, 0.25) is 0 Å². The first-order valence-electron chi connectivity index (χ1n) is 8.66. The van der Waals surface area contributed by atoms with Crippen molar-refractivity contribution in [1.29, 1.82) is 0 Å². The lowest BCUT2D eigenvalue weighted by Crippen LogP contribution is -2.38. The van der Waals surface area contributed by atoms with Crippen molar-refractivity contribution in [2.24, 2.45) is 0 Å². The Morgan fingerprint density at radius 1 is 1.18 bits per heavy atom. The molecule has 0 spiro atoms. The first-order valence-corrected chi connectivity index (χ1v) is 8.66. The number of cyclic esters (lactones) is 1. The van der Waals surface area contributed by atoms with Crippen LogP contribution < -0.4 is 4.74 Å². The molecule has 0 bridgehead atoms. The molecule has 1 saturated heterocycles. The maximum absolute atomic E-state index is 12.3. The summed E-state index contributed by atoms with van der Waals surface area (Å²) >= 11 is 0. The third-order valence-electron chi connectivity index (χ3n) is 4.69. The number of ketones is 1. The van der Waals surface area contributed by atoms with Crippen LogP contribution in [0.1, 0.15) is 18.4 Å². The number of hydrogen-bond donors (Lipinski definition) is 2. The van der Waals surface area contributed by atoms with E-state index in [4.69, 9.17) is 9.47 Å². The van der Waals surface area contributed by atoms with Crippen molar-refractivity contribution >= 4 is 28.5 Å². The fourth-order valence-electron chi connectivity index (χ4n) is 2.94. The lowest BCUT2D eigenvalue weighted by Gasteiger charge is -2.18. The normalized spacial score (nSPS) is 21.3. The monoisotopic (exact) mass is 388 g/mol. The van der Waals surface area contributed by atoms with Crippen molar-refractivity contribution in [1.82, 2.24) is 0 Å². The van der Waals surface area contributed by atoms with Crippen molar-refractivity contribution in [3.05, 3.63) is 42.0 Å². The van der Waals surface area contributed by atoms with Crippen LogP contribution in [0.4, 0.5) is 0 Å². The lowest BCUT2D eigenvalue weighted by atomic mass is 9.98. The standard InChI is InChI=1S/C20H20O8/c1-10(11-3-4-13-8-14(26-2)6-5-12(13)7-11)19(24)27-9-15(21)18-16(22)17(23)20(25)28-18/h3-8,10,15,17-18,21,23H,9H2,1-2H3/t10-,15-,17?,18+/m0/s1. The molecule has 8 heteroatoms. The van der Waals surface area contributed by atoms with Crippen LogP contribution in [0.3, 0.4) is 0 Å². The maximum atomic E-state index is 12.3. The van der Waals surface area contributed by atoms with Gasteiger partial charge in [-0.3, -0.25) is 9.59 Å². The highest BCUT2D eigenvalue weighted by molar-refractivity contribution is 6.09. The van der Waals surface area contributed by atoms with E-state index >= 15 is 0 Å². The highest BCUT2D eigenvalue weighted by atomic mass is 16.6. The molecule has 0 aromatic heterocycles. The number of methoxy groups -OCH3 is 1. The minimum absolute atomic E-state index is 0.537. The van der Waals surface area contributed by atoms with E-state index in [1.54, 1.807) is 20.1 Å². The second-order valence-electron chi connectivity index (χ2n) is 6.55. The summed E-state index contributed by atoms with van der Waals surface area (Å²) in [5, 5.41) is 21.1. The van der Waals surface area contributed by atoms with Crippen LogP contribution in [0.15, 0.2) is 36.4 Å². The molecule has 8 nitrogen and oxygen atoms in total. The van der Waals surface area contributed by atoms with E-state index in [2.05, 4.69) is 4.74 Å². The summed E-state index contributed by atoms with van der Waals surface area (Å²) in [6.45, 7) is 1.12. The fourth-order valence-corrected chi connectivity index (χ4v) is 2.94. The zero-order valence-electron chi connectivity index (χ0n) is 15.3. The molecule has 1 fully saturated rings. The predicted molar refractivity (Wildman–Crippen MR) is 96.8 cm³/mol. The summed E-state index contributed by atoms with van der Waals surface area (Å²) in [5.74, 6) is -2.57. The Balaban J connectivity index is 1.63. The van der Waals surface area contributed by atoms with Crippen LogP contribution in [0.25, 0.3) is 10.8 Å². The number of aliphatic hydroxyl groups is 2. The Morgan fingerprint density at radius 3 is 2.50 bits per heavy atom. The number of esters is 2. The van der Waals surface area contributed by atoms with Crippen molar-refractivity contribution < 1.29 is 38.8 Å². The number of aliphatic hydroxyl groups excluding tert-OH is 2. The summed E-state index contributed by atoms with van der Waals surface area (Å²) in [5.41, 5.74) is 0.718. The third kappa shape index (κ3) is 3.83. The van der Waals surface area contributed by atoms with Gasteiger partial charge in [0.15, 0.2) is 6.10 Å². The first kappa shape index (κ1) is 19.8. The second kappa shape index (κ2) is 7.95. The second-order valence-corrected chi connectivity index (χ2v) is 6.55. The predicted octanol–water partition coefficient (Wildman–Crippen LogP) is 0.711. The number of fused-ring (bicyclic) bond motifs is 1. The largest absolute Gasteiger partial charge is 0.497 e. The quantitative estimate of drug-likeness (QED) is 0.549. The number of ether oxygens (including phenoxy) is 3. The number of carbonyl (C=O) groups is 3. The van der Waals surface area contributed by atoms with E-state index in [1.807, 2.05) is 30.3 Å². The molecule has 2 N–H and O–H groups in total. The van der Waals surface area contributed by atoms with Gasteiger partial charge < -0.3 is 24.4 Å². The molecule has 3 rings (SSSR count). The fraction of sp³-hybridized carbons (Fsp3) is 0.350. The van der Waals surface area contributed by atoms with Crippen LogP contribution in [0, 0.1) is 0 Å².